The molecule has 5 heteroatoms. The monoisotopic (exact) mass is 250 g/mol. The Morgan fingerprint density at radius 2 is 2.44 bits per heavy atom. The van der Waals surface area contributed by atoms with Crippen molar-refractivity contribution in [2.75, 3.05) is 13.1 Å². The summed E-state index contributed by atoms with van der Waals surface area (Å²) in [5.74, 6) is 0.559. The fraction of sp³-hybridized carbons (Fsp3) is 0.692. The summed E-state index contributed by atoms with van der Waals surface area (Å²) >= 11 is 0. The summed E-state index contributed by atoms with van der Waals surface area (Å²) in [5, 5.41) is 10.5. The number of aromatic nitrogens is 2. The highest BCUT2D eigenvalue weighted by molar-refractivity contribution is 5.81. The van der Waals surface area contributed by atoms with E-state index in [0.717, 1.165) is 25.9 Å². The highest BCUT2D eigenvalue weighted by Crippen LogP contribution is 2.27. The van der Waals surface area contributed by atoms with Crippen LogP contribution in [-0.4, -0.2) is 34.8 Å². The lowest BCUT2D eigenvalue weighted by Gasteiger charge is -2.28. The number of nitrogens with zero attached hydrogens (tertiary/aromatic N) is 2. The number of amides is 1. The van der Waals surface area contributed by atoms with Crippen molar-refractivity contribution in [1.29, 1.82) is 0 Å². The third-order valence-electron chi connectivity index (χ3n) is 3.52. The predicted molar refractivity (Wildman–Crippen MR) is 70.4 cm³/mol. The smallest absolute Gasteiger partial charge is 0.237 e. The van der Waals surface area contributed by atoms with Crippen LogP contribution < -0.4 is 10.6 Å². The van der Waals surface area contributed by atoms with Crippen LogP contribution >= 0.6 is 0 Å². The average Bonchev–Trinajstić information content (AvgIpc) is 2.88. The lowest BCUT2D eigenvalue weighted by atomic mass is 9.88. The van der Waals surface area contributed by atoms with Crippen LogP contribution in [0.15, 0.2) is 12.4 Å². The van der Waals surface area contributed by atoms with E-state index in [2.05, 4.69) is 28.9 Å². The Bertz CT molecular complexity index is 401. The Morgan fingerprint density at radius 3 is 3.11 bits per heavy atom. The van der Waals surface area contributed by atoms with Gasteiger partial charge in [0.1, 0.15) is 0 Å². The van der Waals surface area contributed by atoms with Gasteiger partial charge in [0, 0.05) is 19.3 Å². The van der Waals surface area contributed by atoms with Gasteiger partial charge in [0.15, 0.2) is 0 Å². The largest absolute Gasteiger partial charge is 0.355 e. The van der Waals surface area contributed by atoms with E-state index in [1.807, 2.05) is 17.8 Å². The van der Waals surface area contributed by atoms with Crippen LogP contribution in [0, 0.1) is 0 Å². The Labute approximate surface area is 108 Å². The molecule has 100 valence electrons. The second-order valence-corrected chi connectivity index (χ2v) is 4.75. The molecule has 2 atom stereocenters. The second-order valence-electron chi connectivity index (χ2n) is 4.75. The maximum Gasteiger partial charge on any atom is 0.237 e. The molecule has 1 saturated heterocycles. The van der Waals surface area contributed by atoms with Crippen LogP contribution in [0.5, 0.6) is 0 Å². The Balaban J connectivity index is 1.99. The van der Waals surface area contributed by atoms with E-state index in [-0.39, 0.29) is 11.9 Å². The normalized spacial score (nSPS) is 23.9. The van der Waals surface area contributed by atoms with Crippen molar-refractivity contribution >= 4 is 5.91 Å². The van der Waals surface area contributed by atoms with Gasteiger partial charge in [-0.3, -0.25) is 9.48 Å². The molecule has 2 rings (SSSR count). The van der Waals surface area contributed by atoms with Gasteiger partial charge in [-0.15, -0.1) is 0 Å². The van der Waals surface area contributed by atoms with Crippen LogP contribution in [0.1, 0.15) is 38.2 Å². The standard InChI is InChI=1S/C13H22N4O/c1-3-14-13(18)12-7-10(5-6-15-12)11-8-16-17(4-2)9-11/h8-10,12,15H,3-7H2,1-2H3,(H,14,18). The lowest BCUT2D eigenvalue weighted by Crippen LogP contribution is -2.48. The van der Waals surface area contributed by atoms with E-state index < -0.39 is 0 Å². The molecule has 0 aromatic carbocycles. The van der Waals surface area contributed by atoms with Crippen molar-refractivity contribution in [2.24, 2.45) is 0 Å². The van der Waals surface area contributed by atoms with Gasteiger partial charge in [0.05, 0.1) is 12.2 Å². The van der Waals surface area contributed by atoms with Gasteiger partial charge in [0.2, 0.25) is 5.91 Å². The van der Waals surface area contributed by atoms with Crippen LogP contribution in [0.3, 0.4) is 0 Å². The summed E-state index contributed by atoms with van der Waals surface area (Å²) in [6, 6.07) is -0.0614. The van der Waals surface area contributed by atoms with Crippen molar-refractivity contribution in [2.45, 2.75) is 45.2 Å². The number of hydrogen-bond acceptors (Lipinski definition) is 3. The Morgan fingerprint density at radius 1 is 1.61 bits per heavy atom. The molecule has 0 radical (unpaired) electrons. The number of aryl methyl sites for hydroxylation is 1. The summed E-state index contributed by atoms with van der Waals surface area (Å²) in [5.41, 5.74) is 1.26. The van der Waals surface area contributed by atoms with Gasteiger partial charge in [-0.05, 0) is 44.7 Å². The molecule has 2 unspecified atom stereocenters. The zero-order chi connectivity index (χ0) is 13.0. The molecule has 2 N–H and O–H groups in total. The first-order valence-electron chi connectivity index (χ1n) is 6.78. The molecule has 0 spiro atoms. The molecule has 18 heavy (non-hydrogen) atoms. The molecule has 2 heterocycles. The SMILES string of the molecule is CCNC(=O)C1CC(c2cnn(CC)c2)CCN1. The Kier molecular flexibility index (Phi) is 4.36. The molecule has 0 bridgehead atoms. The third-order valence-corrected chi connectivity index (χ3v) is 3.52. The van der Waals surface area contributed by atoms with Crippen molar-refractivity contribution < 1.29 is 4.79 Å². The van der Waals surface area contributed by atoms with Crippen molar-refractivity contribution in [3.63, 3.8) is 0 Å². The van der Waals surface area contributed by atoms with Gasteiger partial charge in [-0.1, -0.05) is 0 Å². The summed E-state index contributed by atoms with van der Waals surface area (Å²) in [4.78, 5) is 11.8. The van der Waals surface area contributed by atoms with Crippen LogP contribution in [0.2, 0.25) is 0 Å². The van der Waals surface area contributed by atoms with Crippen LogP contribution in [-0.2, 0) is 11.3 Å². The highest BCUT2D eigenvalue weighted by atomic mass is 16.2. The minimum atomic E-state index is -0.0614. The summed E-state index contributed by atoms with van der Waals surface area (Å²) in [7, 11) is 0. The van der Waals surface area contributed by atoms with Gasteiger partial charge >= 0.3 is 0 Å². The van der Waals surface area contributed by atoms with Crippen molar-refractivity contribution in [3.05, 3.63) is 18.0 Å². The average molecular weight is 250 g/mol. The van der Waals surface area contributed by atoms with E-state index in [0.29, 0.717) is 12.5 Å². The maximum atomic E-state index is 11.8. The zero-order valence-corrected chi connectivity index (χ0v) is 11.1. The number of nitrogens with one attached hydrogen (secondary N) is 2. The van der Waals surface area contributed by atoms with Crippen LogP contribution in [0.4, 0.5) is 0 Å². The number of rotatable bonds is 4. The minimum absolute atomic E-state index is 0.0614. The molecular weight excluding hydrogens is 228 g/mol. The van der Waals surface area contributed by atoms with E-state index in [9.17, 15) is 4.79 Å². The molecule has 0 aliphatic carbocycles. The van der Waals surface area contributed by atoms with Crippen molar-refractivity contribution in [3.8, 4) is 0 Å². The van der Waals surface area contributed by atoms with E-state index in [1.54, 1.807) is 0 Å². The number of carbonyl (C=O) groups excluding carboxylic acids is 1. The molecule has 1 aromatic heterocycles. The molecule has 1 aliphatic rings. The molecule has 1 fully saturated rings. The number of carbonyl (C=O) groups is 1. The van der Waals surface area contributed by atoms with E-state index in [1.165, 1.54) is 5.56 Å². The van der Waals surface area contributed by atoms with Gasteiger partial charge in [-0.25, -0.2) is 0 Å². The zero-order valence-electron chi connectivity index (χ0n) is 11.1. The van der Waals surface area contributed by atoms with Crippen molar-refractivity contribution in [1.82, 2.24) is 20.4 Å². The fourth-order valence-corrected chi connectivity index (χ4v) is 2.48. The van der Waals surface area contributed by atoms with E-state index in [4.69, 9.17) is 0 Å². The topological polar surface area (TPSA) is 59.0 Å². The molecule has 1 aromatic rings. The first kappa shape index (κ1) is 13.1. The summed E-state index contributed by atoms with van der Waals surface area (Å²) < 4.78 is 1.94. The predicted octanol–water partition coefficient (Wildman–Crippen LogP) is 0.875. The second kappa shape index (κ2) is 6.00. The summed E-state index contributed by atoms with van der Waals surface area (Å²) in [6.07, 6.45) is 5.98. The fourth-order valence-electron chi connectivity index (χ4n) is 2.48. The summed E-state index contributed by atoms with van der Waals surface area (Å²) in [6.45, 7) is 6.50. The molecular formula is C13H22N4O. The van der Waals surface area contributed by atoms with E-state index >= 15 is 0 Å². The quantitative estimate of drug-likeness (QED) is 0.834. The molecule has 1 amide bonds. The number of piperidine rings is 1. The first-order valence-corrected chi connectivity index (χ1v) is 6.78. The third kappa shape index (κ3) is 2.90. The minimum Gasteiger partial charge on any atom is -0.355 e. The number of likely N-dealkylation sites (N-methyl/N-ethyl adjacent to an activating group) is 1. The van der Waals surface area contributed by atoms with Crippen LogP contribution in [0.25, 0.3) is 0 Å². The maximum absolute atomic E-state index is 11.8. The molecule has 0 saturated carbocycles. The highest BCUT2D eigenvalue weighted by Gasteiger charge is 2.27. The molecule has 1 aliphatic heterocycles. The van der Waals surface area contributed by atoms with Gasteiger partial charge < -0.3 is 10.6 Å². The first-order chi connectivity index (χ1) is 8.74. The number of hydrogen-bond donors (Lipinski definition) is 2. The van der Waals surface area contributed by atoms with Gasteiger partial charge in [0.25, 0.3) is 0 Å². The van der Waals surface area contributed by atoms with Gasteiger partial charge in [-0.2, -0.15) is 5.10 Å². The molecule has 5 nitrogen and oxygen atoms in total. The Hall–Kier alpha value is -1.36. The lowest BCUT2D eigenvalue weighted by molar-refractivity contribution is -0.123.